The third-order valence-electron chi connectivity index (χ3n) is 2.91. The lowest BCUT2D eigenvalue weighted by Crippen LogP contribution is -2.14. The molecule has 0 saturated carbocycles. The molecule has 23 heavy (non-hydrogen) atoms. The van der Waals surface area contributed by atoms with E-state index in [1.54, 1.807) is 24.3 Å². The zero-order valence-electron chi connectivity index (χ0n) is 11.7. The van der Waals surface area contributed by atoms with Crippen molar-refractivity contribution < 1.29 is 4.79 Å². The van der Waals surface area contributed by atoms with Gasteiger partial charge in [0.15, 0.2) is 0 Å². The van der Waals surface area contributed by atoms with Gasteiger partial charge < -0.3 is 11.5 Å². The number of thioether (sulfide) groups is 1. The molecule has 8 heteroatoms. The monoisotopic (exact) mass is 343 g/mol. The molecule has 6 nitrogen and oxygen atoms in total. The molecule has 114 valence electrons. The molecule has 0 unspecified atom stereocenters. The number of carbonyl (C=O) groups is 1. The standard InChI is InChI=1S/C15H10ClN5OS/c16-11-4-2-1-3-8(11)13-9(5-17)14(20)21-15(10(13)6-18)23-7-12(19)22/h1-4H,7H2,(H2,19,22)(H2,20,21). The minimum Gasteiger partial charge on any atom is -0.383 e. The predicted molar refractivity (Wildman–Crippen MR) is 88.4 cm³/mol. The summed E-state index contributed by atoms with van der Waals surface area (Å²) in [6.07, 6.45) is 0. The van der Waals surface area contributed by atoms with Crippen molar-refractivity contribution in [3.8, 4) is 23.3 Å². The summed E-state index contributed by atoms with van der Waals surface area (Å²) in [5.74, 6) is -0.647. The average molecular weight is 344 g/mol. The van der Waals surface area contributed by atoms with Crippen LogP contribution in [0, 0.1) is 22.7 Å². The molecular weight excluding hydrogens is 334 g/mol. The Labute approximate surface area is 141 Å². The van der Waals surface area contributed by atoms with Crippen molar-refractivity contribution in [3.63, 3.8) is 0 Å². The van der Waals surface area contributed by atoms with E-state index in [0.29, 0.717) is 16.1 Å². The number of nitriles is 2. The van der Waals surface area contributed by atoms with E-state index in [2.05, 4.69) is 4.98 Å². The highest BCUT2D eigenvalue weighted by Crippen LogP contribution is 2.38. The third-order valence-corrected chi connectivity index (χ3v) is 4.24. The number of nitrogens with two attached hydrogens (primary N) is 2. The largest absolute Gasteiger partial charge is 0.383 e. The Hall–Kier alpha value is -2.74. The summed E-state index contributed by atoms with van der Waals surface area (Å²) in [5, 5.41) is 19.5. The van der Waals surface area contributed by atoms with Crippen LogP contribution >= 0.6 is 23.4 Å². The van der Waals surface area contributed by atoms with Crippen LogP contribution in [0.3, 0.4) is 0 Å². The van der Waals surface area contributed by atoms with Crippen molar-refractivity contribution in [2.24, 2.45) is 5.73 Å². The number of carbonyl (C=O) groups excluding carboxylic acids is 1. The molecule has 1 heterocycles. The molecule has 1 aromatic carbocycles. The molecule has 2 rings (SSSR count). The van der Waals surface area contributed by atoms with Gasteiger partial charge in [-0.3, -0.25) is 4.79 Å². The summed E-state index contributed by atoms with van der Waals surface area (Å²) in [4.78, 5) is 15.0. The quantitative estimate of drug-likeness (QED) is 0.819. The van der Waals surface area contributed by atoms with Gasteiger partial charge in [-0.05, 0) is 6.07 Å². The Kier molecular flexibility index (Phi) is 5.07. The number of nitrogens with zero attached hydrogens (tertiary/aromatic N) is 3. The number of primary amides is 1. The number of pyridine rings is 1. The van der Waals surface area contributed by atoms with Crippen molar-refractivity contribution in [1.82, 2.24) is 4.98 Å². The average Bonchev–Trinajstić information content (AvgIpc) is 2.52. The van der Waals surface area contributed by atoms with Gasteiger partial charge in [-0.1, -0.05) is 41.6 Å². The van der Waals surface area contributed by atoms with E-state index in [4.69, 9.17) is 23.1 Å². The summed E-state index contributed by atoms with van der Waals surface area (Å²) in [6.45, 7) is 0. The smallest absolute Gasteiger partial charge is 0.227 e. The first-order valence-electron chi connectivity index (χ1n) is 6.29. The van der Waals surface area contributed by atoms with Crippen molar-refractivity contribution in [2.45, 2.75) is 5.03 Å². The second-order valence-corrected chi connectivity index (χ2v) is 5.76. The molecule has 1 aromatic heterocycles. The van der Waals surface area contributed by atoms with E-state index in [9.17, 15) is 15.3 Å². The van der Waals surface area contributed by atoms with Gasteiger partial charge in [0.05, 0.1) is 11.3 Å². The van der Waals surface area contributed by atoms with Gasteiger partial charge in [0.1, 0.15) is 28.5 Å². The molecule has 0 fully saturated rings. The number of hydrogen-bond donors (Lipinski definition) is 2. The second kappa shape index (κ2) is 7.01. The van der Waals surface area contributed by atoms with Crippen molar-refractivity contribution in [2.75, 3.05) is 11.5 Å². The Morgan fingerprint density at radius 3 is 2.48 bits per heavy atom. The van der Waals surface area contributed by atoms with E-state index < -0.39 is 5.91 Å². The SMILES string of the molecule is N#Cc1c(N)nc(SCC(N)=O)c(C#N)c1-c1ccccc1Cl. The van der Waals surface area contributed by atoms with Crippen LogP contribution in [0.25, 0.3) is 11.1 Å². The molecule has 0 spiro atoms. The molecule has 1 amide bonds. The molecular formula is C15H10ClN5OS. The second-order valence-electron chi connectivity index (χ2n) is 4.39. The number of benzene rings is 1. The topological polar surface area (TPSA) is 130 Å². The molecule has 0 aliphatic rings. The van der Waals surface area contributed by atoms with E-state index in [1.165, 1.54) is 0 Å². The van der Waals surface area contributed by atoms with E-state index in [0.717, 1.165) is 11.8 Å². The Morgan fingerprint density at radius 1 is 1.26 bits per heavy atom. The van der Waals surface area contributed by atoms with Crippen LogP contribution in [0.1, 0.15) is 11.1 Å². The number of nitrogen functional groups attached to an aromatic ring is 1. The van der Waals surface area contributed by atoms with Crippen molar-refractivity contribution in [3.05, 3.63) is 40.4 Å². The number of halogens is 1. The number of hydrogen-bond acceptors (Lipinski definition) is 6. The highest BCUT2D eigenvalue weighted by atomic mass is 35.5. The van der Waals surface area contributed by atoms with Gasteiger partial charge in [0, 0.05) is 16.1 Å². The van der Waals surface area contributed by atoms with Crippen LogP contribution in [0.5, 0.6) is 0 Å². The van der Waals surface area contributed by atoms with E-state index in [1.807, 2.05) is 12.1 Å². The predicted octanol–water partition coefficient (Wildman–Crippen LogP) is 2.30. The summed E-state index contributed by atoms with van der Waals surface area (Å²) in [6, 6.07) is 10.8. The third kappa shape index (κ3) is 3.37. The molecule has 0 atom stereocenters. The highest BCUT2D eigenvalue weighted by Gasteiger charge is 2.22. The summed E-state index contributed by atoms with van der Waals surface area (Å²) >= 11 is 7.18. The van der Waals surface area contributed by atoms with Gasteiger partial charge in [0.2, 0.25) is 5.91 Å². The van der Waals surface area contributed by atoms with Gasteiger partial charge in [0.25, 0.3) is 0 Å². The molecule has 0 aliphatic carbocycles. The summed E-state index contributed by atoms with van der Waals surface area (Å²) in [5.41, 5.74) is 12.0. The molecule has 0 aliphatic heterocycles. The zero-order valence-corrected chi connectivity index (χ0v) is 13.3. The fraction of sp³-hybridized carbons (Fsp3) is 0.0667. The number of amides is 1. The van der Waals surface area contributed by atoms with Crippen LogP contribution in [0.2, 0.25) is 5.02 Å². The van der Waals surface area contributed by atoms with Gasteiger partial charge in [-0.15, -0.1) is 0 Å². The van der Waals surface area contributed by atoms with Crippen molar-refractivity contribution in [1.29, 1.82) is 10.5 Å². The maximum absolute atomic E-state index is 11.0. The maximum atomic E-state index is 11.0. The molecule has 0 saturated heterocycles. The summed E-state index contributed by atoms with van der Waals surface area (Å²) < 4.78 is 0. The minimum absolute atomic E-state index is 0.0339. The Bertz CT molecular complexity index is 869. The van der Waals surface area contributed by atoms with Crippen LogP contribution in [0.4, 0.5) is 5.82 Å². The molecule has 0 bridgehead atoms. The number of rotatable bonds is 4. The molecule has 4 N–H and O–H groups in total. The van der Waals surface area contributed by atoms with E-state index >= 15 is 0 Å². The van der Waals surface area contributed by atoms with Crippen LogP contribution in [-0.4, -0.2) is 16.6 Å². The first-order valence-corrected chi connectivity index (χ1v) is 7.65. The first kappa shape index (κ1) is 16.6. The maximum Gasteiger partial charge on any atom is 0.227 e. The van der Waals surface area contributed by atoms with Crippen LogP contribution < -0.4 is 11.5 Å². The Morgan fingerprint density at radius 2 is 1.91 bits per heavy atom. The van der Waals surface area contributed by atoms with Crippen LogP contribution in [-0.2, 0) is 4.79 Å². The summed E-state index contributed by atoms with van der Waals surface area (Å²) in [7, 11) is 0. The van der Waals surface area contributed by atoms with Crippen LogP contribution in [0.15, 0.2) is 29.3 Å². The lowest BCUT2D eigenvalue weighted by Gasteiger charge is -2.13. The lowest BCUT2D eigenvalue weighted by atomic mass is 9.97. The van der Waals surface area contributed by atoms with Gasteiger partial charge in [-0.2, -0.15) is 10.5 Å². The minimum atomic E-state index is -0.553. The fourth-order valence-electron chi connectivity index (χ4n) is 1.98. The first-order chi connectivity index (χ1) is 11.0. The Balaban J connectivity index is 2.78. The fourth-order valence-corrected chi connectivity index (χ4v) is 2.94. The molecule has 2 aromatic rings. The normalized spacial score (nSPS) is 9.87. The number of anilines is 1. The lowest BCUT2D eigenvalue weighted by molar-refractivity contribution is -0.115. The highest BCUT2D eigenvalue weighted by molar-refractivity contribution is 8.00. The zero-order chi connectivity index (χ0) is 17.0. The van der Waals surface area contributed by atoms with E-state index in [-0.39, 0.29) is 27.7 Å². The van der Waals surface area contributed by atoms with Gasteiger partial charge in [-0.25, -0.2) is 4.98 Å². The number of aromatic nitrogens is 1. The molecule has 0 radical (unpaired) electrons. The van der Waals surface area contributed by atoms with Gasteiger partial charge >= 0.3 is 0 Å². The van der Waals surface area contributed by atoms with Crippen molar-refractivity contribution >= 4 is 35.1 Å².